The molecule has 1 aliphatic heterocycles. The highest BCUT2D eigenvalue weighted by Crippen LogP contribution is 2.36. The molecule has 2 heterocycles. The number of fused-ring (bicyclic) bond motifs is 1. The first-order valence-corrected chi connectivity index (χ1v) is 14.2. The Morgan fingerprint density at radius 1 is 1.20 bits per heavy atom. The summed E-state index contributed by atoms with van der Waals surface area (Å²) in [7, 11) is 1.66. The molecule has 1 amide bonds. The number of rotatable bonds is 11. The number of anilines is 1. The average Bonchev–Trinajstić information content (AvgIpc) is 3.32. The monoisotopic (exact) mass is 533 g/mol. The topological polar surface area (TPSA) is 54.9 Å². The lowest BCUT2D eigenvalue weighted by Crippen LogP contribution is -2.39. The molecule has 9 heteroatoms. The molecule has 0 N–H and O–H groups in total. The second kappa shape index (κ2) is 12.9. The van der Waals surface area contributed by atoms with Gasteiger partial charge in [-0.3, -0.25) is 14.6 Å². The minimum Gasteiger partial charge on any atom is -0.494 e. The van der Waals surface area contributed by atoms with Gasteiger partial charge in [-0.25, -0.2) is 4.98 Å². The molecule has 0 radical (unpaired) electrons. The van der Waals surface area contributed by atoms with E-state index in [4.69, 9.17) is 26.1 Å². The van der Waals surface area contributed by atoms with Crippen LogP contribution in [0.1, 0.15) is 24.8 Å². The number of ether oxygens (including phenoxy) is 2. The van der Waals surface area contributed by atoms with Gasteiger partial charge in [0.1, 0.15) is 11.3 Å². The van der Waals surface area contributed by atoms with Crippen LogP contribution in [0.25, 0.3) is 10.2 Å². The van der Waals surface area contributed by atoms with Crippen LogP contribution in [0.2, 0.25) is 5.02 Å². The summed E-state index contributed by atoms with van der Waals surface area (Å²) in [5, 5.41) is 1.49. The number of carbonyl (C=O) groups is 1. The molecule has 35 heavy (non-hydrogen) atoms. The lowest BCUT2D eigenvalue weighted by atomic mass is 10.2. The molecule has 0 unspecified atom stereocenters. The van der Waals surface area contributed by atoms with E-state index in [1.54, 1.807) is 30.2 Å². The summed E-state index contributed by atoms with van der Waals surface area (Å²) in [6.45, 7) is 7.15. The Labute approximate surface area is 220 Å². The van der Waals surface area contributed by atoms with Crippen molar-refractivity contribution in [3.05, 3.63) is 47.0 Å². The molecule has 0 bridgehead atoms. The van der Waals surface area contributed by atoms with E-state index < -0.39 is 0 Å². The number of hydrogen-bond acceptors (Lipinski definition) is 7. The van der Waals surface area contributed by atoms with Gasteiger partial charge in [0.15, 0.2) is 5.13 Å². The van der Waals surface area contributed by atoms with Gasteiger partial charge < -0.3 is 9.47 Å². The van der Waals surface area contributed by atoms with Crippen molar-refractivity contribution in [2.45, 2.75) is 31.1 Å². The number of nitrogens with zero attached hydrogens (tertiary/aromatic N) is 3. The number of aromatic nitrogens is 1. The molecule has 3 aromatic rings. The van der Waals surface area contributed by atoms with E-state index in [1.807, 2.05) is 41.3 Å². The second-order valence-corrected chi connectivity index (χ2v) is 11.1. The number of aryl methyl sites for hydroxylation is 1. The summed E-state index contributed by atoms with van der Waals surface area (Å²) < 4.78 is 12.1. The van der Waals surface area contributed by atoms with E-state index in [-0.39, 0.29) is 5.91 Å². The van der Waals surface area contributed by atoms with Crippen molar-refractivity contribution in [3.63, 3.8) is 0 Å². The molecule has 0 atom stereocenters. The van der Waals surface area contributed by atoms with Crippen LogP contribution in [0.3, 0.4) is 0 Å². The van der Waals surface area contributed by atoms with Gasteiger partial charge in [-0.2, -0.15) is 0 Å². The summed E-state index contributed by atoms with van der Waals surface area (Å²) in [6, 6.07) is 11.8. The van der Waals surface area contributed by atoms with Gasteiger partial charge in [0.05, 0.1) is 25.0 Å². The van der Waals surface area contributed by atoms with Crippen LogP contribution in [0.5, 0.6) is 5.75 Å². The van der Waals surface area contributed by atoms with Crippen molar-refractivity contribution < 1.29 is 14.3 Å². The molecule has 0 aliphatic carbocycles. The van der Waals surface area contributed by atoms with Crippen molar-refractivity contribution in [2.24, 2.45) is 0 Å². The van der Waals surface area contributed by atoms with Gasteiger partial charge in [0.25, 0.3) is 0 Å². The summed E-state index contributed by atoms with van der Waals surface area (Å²) in [5.41, 5.74) is 1.97. The highest BCUT2D eigenvalue weighted by molar-refractivity contribution is 7.99. The van der Waals surface area contributed by atoms with Crippen molar-refractivity contribution in [1.29, 1.82) is 0 Å². The second-order valence-electron chi connectivity index (χ2n) is 8.52. The Hall–Kier alpha value is -1.84. The van der Waals surface area contributed by atoms with Crippen LogP contribution in [0.15, 0.2) is 41.3 Å². The fraction of sp³-hybridized carbons (Fsp3) is 0.462. The molecule has 188 valence electrons. The fourth-order valence-corrected chi connectivity index (χ4v) is 6.14. The zero-order valence-corrected chi connectivity index (χ0v) is 22.7. The van der Waals surface area contributed by atoms with E-state index in [9.17, 15) is 4.79 Å². The minimum absolute atomic E-state index is 0.124. The van der Waals surface area contributed by atoms with Crippen molar-refractivity contribution in [3.8, 4) is 5.75 Å². The smallest absolute Gasteiger partial charge is 0.228 e. The highest BCUT2D eigenvalue weighted by atomic mass is 35.5. The van der Waals surface area contributed by atoms with Gasteiger partial charge in [0, 0.05) is 42.5 Å². The molecular weight excluding hydrogens is 502 g/mol. The Balaban J connectivity index is 1.43. The summed E-state index contributed by atoms with van der Waals surface area (Å²) in [5.74, 6) is 1.74. The number of benzene rings is 2. The molecule has 4 rings (SSSR count). The number of thioether (sulfide) groups is 1. The summed E-state index contributed by atoms with van der Waals surface area (Å²) in [6.07, 6.45) is 2.20. The van der Waals surface area contributed by atoms with E-state index in [0.717, 1.165) is 88.0 Å². The molecule has 1 fully saturated rings. The van der Waals surface area contributed by atoms with Crippen molar-refractivity contribution in [1.82, 2.24) is 9.88 Å². The number of methoxy groups -OCH3 is 1. The van der Waals surface area contributed by atoms with Crippen LogP contribution < -0.4 is 9.64 Å². The number of hydrogen-bond donors (Lipinski definition) is 0. The highest BCUT2D eigenvalue weighted by Gasteiger charge is 2.22. The third-order valence-corrected chi connectivity index (χ3v) is 8.59. The molecule has 1 saturated heterocycles. The van der Waals surface area contributed by atoms with Crippen LogP contribution in [-0.4, -0.2) is 68.0 Å². The standard InChI is InChI=1S/C26H32ClN3O3S2/c1-19-6-11-22(32-2)24-25(19)35-26(28-24)30(13-4-12-29-14-16-33-17-15-29)23(31)5-3-18-34-21-9-7-20(27)8-10-21/h6-11H,3-5,12-18H2,1-2H3. The van der Waals surface area contributed by atoms with E-state index in [1.165, 1.54) is 0 Å². The molecule has 6 nitrogen and oxygen atoms in total. The normalized spacial score (nSPS) is 14.4. The van der Waals surface area contributed by atoms with Crippen molar-refractivity contribution >= 4 is 56.0 Å². The minimum atomic E-state index is 0.124. The summed E-state index contributed by atoms with van der Waals surface area (Å²) >= 11 is 9.30. The van der Waals surface area contributed by atoms with Crippen LogP contribution >= 0.6 is 34.7 Å². The van der Waals surface area contributed by atoms with Crippen LogP contribution in [-0.2, 0) is 9.53 Å². The van der Waals surface area contributed by atoms with Crippen LogP contribution in [0.4, 0.5) is 5.13 Å². The number of thiazole rings is 1. The van der Waals surface area contributed by atoms with Crippen LogP contribution in [0, 0.1) is 6.92 Å². The molecule has 1 aromatic heterocycles. The average molecular weight is 534 g/mol. The lowest BCUT2D eigenvalue weighted by molar-refractivity contribution is -0.118. The number of halogens is 1. The first kappa shape index (κ1) is 26.2. The third-order valence-electron chi connectivity index (χ3n) is 6.02. The van der Waals surface area contributed by atoms with E-state index >= 15 is 0 Å². The fourth-order valence-electron chi connectivity index (χ4n) is 4.06. The molecule has 2 aromatic carbocycles. The Bertz CT molecular complexity index is 1120. The van der Waals surface area contributed by atoms with Gasteiger partial charge in [-0.1, -0.05) is 29.0 Å². The molecule has 1 aliphatic rings. The maximum Gasteiger partial charge on any atom is 0.228 e. The maximum atomic E-state index is 13.4. The molecule has 0 saturated carbocycles. The lowest BCUT2D eigenvalue weighted by Gasteiger charge is -2.27. The third kappa shape index (κ3) is 7.11. The van der Waals surface area contributed by atoms with Gasteiger partial charge >= 0.3 is 0 Å². The van der Waals surface area contributed by atoms with E-state index in [0.29, 0.717) is 13.0 Å². The van der Waals surface area contributed by atoms with Crippen molar-refractivity contribution in [2.75, 3.05) is 57.2 Å². The molecule has 0 spiro atoms. The number of carbonyl (C=O) groups excluding carboxylic acids is 1. The predicted octanol–water partition coefficient (Wildman–Crippen LogP) is 5.89. The number of morpholine rings is 1. The Morgan fingerprint density at radius 3 is 2.71 bits per heavy atom. The largest absolute Gasteiger partial charge is 0.494 e. The first-order valence-electron chi connectivity index (χ1n) is 12.0. The zero-order chi connectivity index (χ0) is 24.6. The Morgan fingerprint density at radius 2 is 1.97 bits per heavy atom. The van der Waals surface area contributed by atoms with Gasteiger partial charge in [-0.15, -0.1) is 11.8 Å². The van der Waals surface area contributed by atoms with Gasteiger partial charge in [0.2, 0.25) is 5.91 Å². The summed E-state index contributed by atoms with van der Waals surface area (Å²) in [4.78, 5) is 23.7. The number of amides is 1. The first-order chi connectivity index (χ1) is 17.0. The van der Waals surface area contributed by atoms with E-state index in [2.05, 4.69) is 11.8 Å². The Kier molecular flexibility index (Phi) is 9.68. The predicted molar refractivity (Wildman–Crippen MR) is 147 cm³/mol. The molecular formula is C26H32ClN3O3S2. The SMILES string of the molecule is COc1ccc(C)c2sc(N(CCCN3CCOCC3)C(=O)CCCSc3ccc(Cl)cc3)nc12. The zero-order valence-electron chi connectivity index (χ0n) is 20.3. The van der Waals surface area contributed by atoms with Gasteiger partial charge in [-0.05, 0) is 61.4 Å². The maximum absolute atomic E-state index is 13.4. The quantitative estimate of drug-likeness (QED) is 0.226.